The van der Waals surface area contributed by atoms with Crippen molar-refractivity contribution >= 4 is 17.3 Å². The molecule has 0 radical (unpaired) electrons. The largest absolute Gasteiger partial charge is 0.373 e. The van der Waals surface area contributed by atoms with Gasteiger partial charge >= 0.3 is 0 Å². The highest BCUT2D eigenvalue weighted by Gasteiger charge is 2.27. The lowest BCUT2D eigenvalue weighted by atomic mass is 10.2. The maximum Gasteiger partial charge on any atom is 0.291 e. The van der Waals surface area contributed by atoms with Gasteiger partial charge < -0.3 is 15.4 Å². The molecule has 2 N–H and O–H groups in total. The number of nitrogens with zero attached hydrogens (tertiary/aromatic N) is 3. The van der Waals surface area contributed by atoms with Crippen LogP contribution < -0.4 is 16.2 Å². The second kappa shape index (κ2) is 5.71. The highest BCUT2D eigenvalue weighted by Crippen LogP contribution is 2.30. The van der Waals surface area contributed by atoms with Crippen molar-refractivity contribution in [3.63, 3.8) is 0 Å². The summed E-state index contributed by atoms with van der Waals surface area (Å²) in [4.78, 5) is 14.5. The van der Waals surface area contributed by atoms with Crippen LogP contribution in [0.4, 0.5) is 5.69 Å². The summed E-state index contributed by atoms with van der Waals surface area (Å²) in [6.45, 7) is 2.93. The fourth-order valence-electron chi connectivity index (χ4n) is 2.48. The Morgan fingerprint density at radius 2 is 2.30 bits per heavy atom. The molecule has 1 aromatic rings. The number of hydrogen-bond acceptors (Lipinski definition) is 5. The predicted molar refractivity (Wildman–Crippen MR) is 77.2 cm³/mol. The van der Waals surface area contributed by atoms with E-state index in [0.29, 0.717) is 49.4 Å². The van der Waals surface area contributed by atoms with Gasteiger partial charge in [0.1, 0.15) is 5.69 Å². The van der Waals surface area contributed by atoms with Gasteiger partial charge in [-0.15, -0.1) is 0 Å². The number of ether oxygens (including phenoxy) is 1. The monoisotopic (exact) mass is 298 g/mol. The van der Waals surface area contributed by atoms with Crippen LogP contribution in [0.1, 0.15) is 12.8 Å². The first-order valence-corrected chi connectivity index (χ1v) is 7.39. The van der Waals surface area contributed by atoms with E-state index in [9.17, 15) is 4.79 Å². The molecule has 0 spiro atoms. The number of aromatic nitrogens is 2. The van der Waals surface area contributed by atoms with Crippen LogP contribution in [0.5, 0.6) is 0 Å². The second-order valence-electron chi connectivity index (χ2n) is 5.45. The van der Waals surface area contributed by atoms with E-state index in [-0.39, 0.29) is 11.7 Å². The maximum absolute atomic E-state index is 12.5. The van der Waals surface area contributed by atoms with E-state index in [1.54, 1.807) is 6.20 Å². The lowest BCUT2D eigenvalue weighted by molar-refractivity contribution is 0.0464. The third kappa shape index (κ3) is 2.82. The SMILES string of the molecule is NCC1CN(c2c(Cl)cnn(CC3CC3)c2=O)CCO1. The molecular formula is C13H19ClN4O2. The van der Waals surface area contributed by atoms with E-state index in [2.05, 4.69) is 5.10 Å². The Morgan fingerprint density at radius 1 is 1.50 bits per heavy atom. The van der Waals surface area contributed by atoms with Crippen LogP contribution in [-0.4, -0.2) is 42.1 Å². The molecule has 0 amide bonds. The summed E-state index contributed by atoms with van der Waals surface area (Å²) in [5.74, 6) is 0.593. The van der Waals surface area contributed by atoms with Crippen LogP contribution in [0, 0.1) is 5.92 Å². The quantitative estimate of drug-likeness (QED) is 0.875. The number of halogens is 1. The second-order valence-corrected chi connectivity index (χ2v) is 5.85. The third-order valence-corrected chi connectivity index (χ3v) is 4.10. The van der Waals surface area contributed by atoms with E-state index in [0.717, 1.165) is 0 Å². The first kappa shape index (κ1) is 13.9. The summed E-state index contributed by atoms with van der Waals surface area (Å²) in [5.41, 5.74) is 6.07. The molecule has 1 saturated heterocycles. The Balaban J connectivity index is 1.88. The molecule has 1 unspecified atom stereocenters. The molecule has 2 fully saturated rings. The summed E-state index contributed by atoms with van der Waals surface area (Å²) in [6, 6.07) is 0. The molecule has 3 rings (SSSR count). The minimum absolute atomic E-state index is 0.0516. The molecular weight excluding hydrogens is 280 g/mol. The summed E-state index contributed by atoms with van der Waals surface area (Å²) in [5, 5.41) is 4.54. The molecule has 1 saturated carbocycles. The van der Waals surface area contributed by atoms with Gasteiger partial charge in [0, 0.05) is 26.2 Å². The number of nitrogens with two attached hydrogens (primary N) is 1. The van der Waals surface area contributed by atoms with Crippen LogP contribution in [0.2, 0.25) is 5.02 Å². The van der Waals surface area contributed by atoms with Gasteiger partial charge in [0.2, 0.25) is 0 Å². The van der Waals surface area contributed by atoms with Crippen LogP contribution in [-0.2, 0) is 11.3 Å². The summed E-state index contributed by atoms with van der Waals surface area (Å²) < 4.78 is 7.06. The van der Waals surface area contributed by atoms with E-state index >= 15 is 0 Å². The fraction of sp³-hybridized carbons (Fsp3) is 0.692. The molecule has 110 valence electrons. The van der Waals surface area contributed by atoms with Crippen molar-refractivity contribution in [1.29, 1.82) is 0 Å². The molecule has 0 bridgehead atoms. The zero-order valence-corrected chi connectivity index (χ0v) is 12.1. The van der Waals surface area contributed by atoms with Crippen molar-refractivity contribution in [2.24, 2.45) is 11.7 Å². The number of anilines is 1. The topological polar surface area (TPSA) is 73.4 Å². The molecule has 1 aromatic heterocycles. The van der Waals surface area contributed by atoms with Crippen molar-refractivity contribution in [3.05, 3.63) is 21.6 Å². The summed E-state index contributed by atoms with van der Waals surface area (Å²) in [7, 11) is 0. The molecule has 6 nitrogen and oxygen atoms in total. The molecule has 1 aliphatic carbocycles. The Kier molecular flexibility index (Phi) is 3.96. The molecule has 20 heavy (non-hydrogen) atoms. The molecule has 2 heterocycles. The van der Waals surface area contributed by atoms with E-state index in [4.69, 9.17) is 22.1 Å². The maximum atomic E-state index is 12.5. The minimum Gasteiger partial charge on any atom is -0.373 e. The molecule has 1 atom stereocenters. The minimum atomic E-state index is -0.109. The number of hydrogen-bond donors (Lipinski definition) is 1. The average molecular weight is 299 g/mol. The van der Waals surface area contributed by atoms with Gasteiger partial charge in [0.15, 0.2) is 0 Å². The van der Waals surface area contributed by atoms with Crippen molar-refractivity contribution < 1.29 is 4.74 Å². The zero-order valence-electron chi connectivity index (χ0n) is 11.3. The molecule has 2 aliphatic rings. The first-order chi connectivity index (χ1) is 9.69. The standard InChI is InChI=1S/C13H19ClN4O2/c14-11-6-16-18(7-9-1-2-9)13(19)12(11)17-3-4-20-10(5-15)8-17/h6,9-10H,1-5,7-8,15H2. The Morgan fingerprint density at radius 3 is 3.00 bits per heavy atom. The van der Waals surface area contributed by atoms with Crippen LogP contribution in [0.25, 0.3) is 0 Å². The normalized spacial score (nSPS) is 23.1. The van der Waals surface area contributed by atoms with Crippen molar-refractivity contribution in [2.75, 3.05) is 31.1 Å². The average Bonchev–Trinajstić information content (AvgIpc) is 3.26. The van der Waals surface area contributed by atoms with Crippen molar-refractivity contribution in [1.82, 2.24) is 9.78 Å². The van der Waals surface area contributed by atoms with E-state index in [1.165, 1.54) is 17.5 Å². The Hall–Kier alpha value is -1.11. The smallest absolute Gasteiger partial charge is 0.291 e. The summed E-state index contributed by atoms with van der Waals surface area (Å²) >= 11 is 6.19. The molecule has 7 heteroatoms. The van der Waals surface area contributed by atoms with Gasteiger partial charge in [0.25, 0.3) is 5.56 Å². The fourth-order valence-corrected chi connectivity index (χ4v) is 2.73. The van der Waals surface area contributed by atoms with Gasteiger partial charge in [-0.05, 0) is 18.8 Å². The first-order valence-electron chi connectivity index (χ1n) is 7.01. The third-order valence-electron chi connectivity index (χ3n) is 3.82. The summed E-state index contributed by atoms with van der Waals surface area (Å²) in [6.07, 6.45) is 3.87. The van der Waals surface area contributed by atoms with Crippen molar-refractivity contribution in [2.45, 2.75) is 25.5 Å². The highest BCUT2D eigenvalue weighted by atomic mass is 35.5. The zero-order chi connectivity index (χ0) is 14.1. The van der Waals surface area contributed by atoms with Gasteiger partial charge in [-0.2, -0.15) is 5.10 Å². The predicted octanol–water partition coefficient (Wildman–Crippen LogP) is 0.471. The molecule has 0 aromatic carbocycles. The van der Waals surface area contributed by atoms with Gasteiger partial charge in [-0.1, -0.05) is 11.6 Å². The lowest BCUT2D eigenvalue weighted by Crippen LogP contribution is -2.48. The number of rotatable bonds is 4. The van der Waals surface area contributed by atoms with Crippen LogP contribution in [0.3, 0.4) is 0 Å². The highest BCUT2D eigenvalue weighted by molar-refractivity contribution is 6.33. The molecule has 1 aliphatic heterocycles. The van der Waals surface area contributed by atoms with Crippen LogP contribution in [0.15, 0.2) is 11.0 Å². The lowest BCUT2D eigenvalue weighted by Gasteiger charge is -2.33. The van der Waals surface area contributed by atoms with Gasteiger partial charge in [0.05, 0.1) is 23.9 Å². The number of morpholine rings is 1. The van der Waals surface area contributed by atoms with Crippen LogP contribution >= 0.6 is 11.6 Å². The van der Waals surface area contributed by atoms with E-state index in [1.807, 2.05) is 4.90 Å². The Labute approximate surface area is 122 Å². The van der Waals surface area contributed by atoms with Gasteiger partial charge in [-0.3, -0.25) is 4.79 Å². The van der Waals surface area contributed by atoms with Gasteiger partial charge in [-0.25, -0.2) is 4.68 Å². The van der Waals surface area contributed by atoms with Crippen molar-refractivity contribution in [3.8, 4) is 0 Å². The van der Waals surface area contributed by atoms with E-state index < -0.39 is 0 Å². The Bertz CT molecular complexity index is 544.